The van der Waals surface area contributed by atoms with Crippen LogP contribution in [0, 0.1) is 0 Å². The van der Waals surface area contributed by atoms with E-state index in [9.17, 15) is 5.11 Å². The molecule has 1 heterocycles. The number of ether oxygens (including phenoxy) is 2. The molecule has 1 unspecified atom stereocenters. The van der Waals surface area contributed by atoms with Crippen molar-refractivity contribution in [2.24, 2.45) is 0 Å². The average molecular weight is 290 g/mol. The Balaban J connectivity index is 2.75. The van der Waals surface area contributed by atoms with E-state index in [0.717, 1.165) is 10.2 Å². The van der Waals surface area contributed by atoms with E-state index in [1.165, 1.54) is 14.2 Å². The van der Waals surface area contributed by atoms with E-state index in [4.69, 9.17) is 9.47 Å². The number of rotatable bonds is 5. The molecule has 4 nitrogen and oxygen atoms in total. The van der Waals surface area contributed by atoms with Crippen molar-refractivity contribution in [3.63, 3.8) is 0 Å². The van der Waals surface area contributed by atoms with E-state index >= 15 is 0 Å². The molecule has 90 valence electrons. The highest BCUT2D eigenvalue weighted by molar-refractivity contribution is 9.10. The molecule has 1 aromatic rings. The standard InChI is InChI=1S/C11H16BrNO3/c1-11(14,10(15-2)16-3)6-9-5-4-8(12)7-13-9/h4-5,7,10,14H,6H2,1-3H3. The lowest BCUT2D eigenvalue weighted by Gasteiger charge is -2.30. The molecule has 0 amide bonds. The van der Waals surface area contributed by atoms with Gasteiger partial charge in [0.2, 0.25) is 0 Å². The van der Waals surface area contributed by atoms with Crippen LogP contribution in [-0.2, 0) is 15.9 Å². The van der Waals surface area contributed by atoms with Crippen molar-refractivity contribution in [2.45, 2.75) is 25.2 Å². The minimum absolute atomic E-state index is 0.368. The first-order valence-electron chi connectivity index (χ1n) is 4.88. The van der Waals surface area contributed by atoms with E-state index in [2.05, 4.69) is 20.9 Å². The molecule has 0 bridgehead atoms. The van der Waals surface area contributed by atoms with E-state index in [1.54, 1.807) is 13.1 Å². The summed E-state index contributed by atoms with van der Waals surface area (Å²) in [6.07, 6.45) is 1.39. The molecule has 1 aromatic heterocycles. The molecule has 5 heteroatoms. The molecule has 1 rings (SSSR count). The number of hydrogen-bond acceptors (Lipinski definition) is 4. The van der Waals surface area contributed by atoms with Crippen LogP contribution in [0.1, 0.15) is 12.6 Å². The third-order valence-corrected chi connectivity index (χ3v) is 2.73. The van der Waals surface area contributed by atoms with Gasteiger partial charge in [-0.2, -0.15) is 0 Å². The third-order valence-electron chi connectivity index (χ3n) is 2.26. The summed E-state index contributed by atoms with van der Waals surface area (Å²) in [6, 6.07) is 3.73. The van der Waals surface area contributed by atoms with Gasteiger partial charge < -0.3 is 14.6 Å². The minimum Gasteiger partial charge on any atom is -0.384 e. The van der Waals surface area contributed by atoms with Crippen LogP contribution in [0.4, 0.5) is 0 Å². The third kappa shape index (κ3) is 3.52. The van der Waals surface area contributed by atoms with Gasteiger partial charge in [0, 0.05) is 37.0 Å². The lowest BCUT2D eigenvalue weighted by atomic mass is 9.99. The van der Waals surface area contributed by atoms with Crippen LogP contribution in [0.25, 0.3) is 0 Å². The largest absolute Gasteiger partial charge is 0.384 e. The number of halogens is 1. The van der Waals surface area contributed by atoms with Gasteiger partial charge in [-0.05, 0) is 35.0 Å². The fraction of sp³-hybridized carbons (Fsp3) is 0.545. The van der Waals surface area contributed by atoms with Gasteiger partial charge in [0.1, 0.15) is 5.60 Å². The maximum absolute atomic E-state index is 10.2. The second kappa shape index (κ2) is 5.72. The van der Waals surface area contributed by atoms with Crippen molar-refractivity contribution >= 4 is 15.9 Å². The van der Waals surface area contributed by atoms with Crippen molar-refractivity contribution in [3.8, 4) is 0 Å². The van der Waals surface area contributed by atoms with Crippen molar-refractivity contribution in [2.75, 3.05) is 14.2 Å². The van der Waals surface area contributed by atoms with Crippen LogP contribution in [0.15, 0.2) is 22.8 Å². The first kappa shape index (κ1) is 13.6. The highest BCUT2D eigenvalue weighted by Crippen LogP contribution is 2.19. The molecule has 0 spiro atoms. The molecule has 0 fully saturated rings. The Morgan fingerprint density at radius 3 is 2.50 bits per heavy atom. The minimum atomic E-state index is -1.11. The Hall–Kier alpha value is -0.490. The monoisotopic (exact) mass is 289 g/mol. The Bertz CT molecular complexity index is 323. The molecule has 16 heavy (non-hydrogen) atoms. The molecule has 0 aliphatic carbocycles. The van der Waals surface area contributed by atoms with Crippen LogP contribution in [0.2, 0.25) is 0 Å². The van der Waals surface area contributed by atoms with Gasteiger partial charge in [-0.1, -0.05) is 0 Å². The fourth-order valence-corrected chi connectivity index (χ4v) is 1.80. The summed E-state index contributed by atoms with van der Waals surface area (Å²) >= 11 is 3.31. The predicted molar refractivity (Wildman–Crippen MR) is 64.1 cm³/mol. The lowest BCUT2D eigenvalue weighted by Crippen LogP contribution is -2.44. The summed E-state index contributed by atoms with van der Waals surface area (Å²) in [4.78, 5) is 4.20. The van der Waals surface area contributed by atoms with Gasteiger partial charge in [-0.25, -0.2) is 0 Å². The Morgan fingerprint density at radius 1 is 1.44 bits per heavy atom. The van der Waals surface area contributed by atoms with E-state index in [0.29, 0.717) is 6.42 Å². The van der Waals surface area contributed by atoms with Crippen molar-refractivity contribution < 1.29 is 14.6 Å². The number of methoxy groups -OCH3 is 2. The molecule has 0 saturated carbocycles. The molecule has 0 radical (unpaired) electrons. The Kier molecular flexibility index (Phi) is 4.86. The summed E-state index contributed by atoms with van der Waals surface area (Å²) in [5.74, 6) is 0. The summed E-state index contributed by atoms with van der Waals surface area (Å²) in [5.41, 5.74) is -0.322. The zero-order chi connectivity index (χ0) is 12.2. The van der Waals surface area contributed by atoms with Crippen LogP contribution >= 0.6 is 15.9 Å². The highest BCUT2D eigenvalue weighted by Gasteiger charge is 2.32. The lowest BCUT2D eigenvalue weighted by molar-refractivity contribution is -0.207. The quantitative estimate of drug-likeness (QED) is 0.840. The first-order valence-corrected chi connectivity index (χ1v) is 5.67. The molecular weight excluding hydrogens is 274 g/mol. The zero-order valence-electron chi connectivity index (χ0n) is 9.61. The van der Waals surface area contributed by atoms with E-state index < -0.39 is 11.9 Å². The highest BCUT2D eigenvalue weighted by atomic mass is 79.9. The van der Waals surface area contributed by atoms with Gasteiger partial charge in [0.25, 0.3) is 0 Å². The number of nitrogens with zero attached hydrogens (tertiary/aromatic N) is 1. The number of pyridine rings is 1. The van der Waals surface area contributed by atoms with E-state index in [-0.39, 0.29) is 0 Å². The first-order chi connectivity index (χ1) is 7.49. The normalized spacial score (nSPS) is 15.1. The number of aromatic nitrogens is 1. The predicted octanol–water partition coefficient (Wildman–Crippen LogP) is 1.76. The van der Waals surface area contributed by atoms with Gasteiger partial charge >= 0.3 is 0 Å². The SMILES string of the molecule is COC(OC)C(C)(O)Cc1ccc(Br)cn1. The maximum Gasteiger partial charge on any atom is 0.185 e. The molecule has 0 aromatic carbocycles. The van der Waals surface area contributed by atoms with Gasteiger partial charge in [0.05, 0.1) is 0 Å². The molecule has 1 N–H and O–H groups in total. The second-order valence-corrected chi connectivity index (χ2v) is 4.72. The van der Waals surface area contributed by atoms with E-state index in [1.807, 2.05) is 12.1 Å². The molecule has 0 aliphatic rings. The smallest absolute Gasteiger partial charge is 0.185 e. The van der Waals surface area contributed by atoms with Gasteiger partial charge in [0.15, 0.2) is 6.29 Å². The van der Waals surface area contributed by atoms with Crippen molar-refractivity contribution in [1.29, 1.82) is 0 Å². The van der Waals surface area contributed by atoms with Crippen LogP contribution in [0.5, 0.6) is 0 Å². The van der Waals surface area contributed by atoms with Crippen molar-refractivity contribution in [3.05, 3.63) is 28.5 Å². The average Bonchev–Trinajstić information content (AvgIpc) is 2.22. The molecule has 0 aliphatic heterocycles. The zero-order valence-corrected chi connectivity index (χ0v) is 11.2. The molecule has 0 saturated heterocycles. The number of aliphatic hydroxyl groups is 1. The summed E-state index contributed by atoms with van der Waals surface area (Å²) in [5, 5.41) is 10.2. The van der Waals surface area contributed by atoms with Gasteiger partial charge in [-0.15, -0.1) is 0 Å². The second-order valence-electron chi connectivity index (χ2n) is 3.81. The molecular formula is C11H16BrNO3. The fourth-order valence-electron chi connectivity index (χ4n) is 1.57. The summed E-state index contributed by atoms with van der Waals surface area (Å²) in [6.45, 7) is 1.66. The number of hydrogen-bond donors (Lipinski definition) is 1. The Labute approximate surface area is 104 Å². The molecule has 1 atom stereocenters. The topological polar surface area (TPSA) is 51.6 Å². The Morgan fingerprint density at radius 2 is 2.06 bits per heavy atom. The van der Waals surface area contributed by atoms with Gasteiger partial charge in [-0.3, -0.25) is 4.98 Å². The van der Waals surface area contributed by atoms with Crippen LogP contribution < -0.4 is 0 Å². The van der Waals surface area contributed by atoms with Crippen LogP contribution in [-0.4, -0.2) is 36.2 Å². The van der Waals surface area contributed by atoms with Crippen molar-refractivity contribution in [1.82, 2.24) is 4.98 Å². The summed E-state index contributed by atoms with van der Waals surface area (Å²) in [7, 11) is 3.00. The summed E-state index contributed by atoms with van der Waals surface area (Å²) < 4.78 is 11.0. The maximum atomic E-state index is 10.2. The van der Waals surface area contributed by atoms with Crippen LogP contribution in [0.3, 0.4) is 0 Å².